The third kappa shape index (κ3) is 5.39. The Balaban J connectivity index is 2.07. The molecule has 0 saturated carbocycles. The molecule has 14 nitrogen and oxygen atoms in total. The van der Waals surface area contributed by atoms with Crippen molar-refractivity contribution in [2.45, 2.75) is 13.3 Å². The Bertz CT molecular complexity index is 753. The zero-order chi connectivity index (χ0) is 20.7. The highest BCUT2D eigenvalue weighted by atomic mass is 16.7. The van der Waals surface area contributed by atoms with E-state index in [0.29, 0.717) is 13.0 Å². The van der Waals surface area contributed by atoms with Crippen molar-refractivity contribution in [2.75, 3.05) is 32.8 Å². The Labute approximate surface area is 158 Å². The molecule has 1 fully saturated rings. The van der Waals surface area contributed by atoms with Crippen molar-refractivity contribution in [3.63, 3.8) is 0 Å². The molecule has 1 aliphatic rings. The molecule has 0 aliphatic carbocycles. The predicted octanol–water partition coefficient (Wildman–Crippen LogP) is 1.84. The Kier molecular flexibility index (Phi) is 6.84. The van der Waals surface area contributed by atoms with E-state index in [1.165, 1.54) is 9.91 Å². The summed E-state index contributed by atoms with van der Waals surface area (Å²) in [6.45, 7) is 3.00. The number of non-ortho nitro benzene ring substituents is 2. The molecule has 1 saturated heterocycles. The van der Waals surface area contributed by atoms with E-state index in [1.807, 2.05) is 0 Å². The predicted molar refractivity (Wildman–Crippen MR) is 91.2 cm³/mol. The molecule has 1 aromatic carbocycles. The van der Waals surface area contributed by atoms with E-state index < -0.39 is 27.3 Å². The number of carbonyl (C=O) groups is 1. The fraction of sp³-hybridized carbons (Fsp3) is 0.500. The zero-order valence-corrected chi connectivity index (χ0v) is 14.9. The molecule has 0 unspecified atom stereocenters. The number of benzene rings is 1. The van der Waals surface area contributed by atoms with Crippen LogP contribution in [0, 0.1) is 25.4 Å². The van der Waals surface area contributed by atoms with Crippen LogP contribution in [0.2, 0.25) is 0 Å². The Hall–Kier alpha value is -3.71. The van der Waals surface area contributed by atoms with Gasteiger partial charge in [0, 0.05) is 13.1 Å². The van der Waals surface area contributed by atoms with Crippen molar-refractivity contribution >= 4 is 17.5 Å². The van der Waals surface area contributed by atoms with Gasteiger partial charge in [0.05, 0.1) is 52.7 Å². The maximum absolute atomic E-state index is 12.1. The number of ether oxygens (including phenoxy) is 1. The summed E-state index contributed by atoms with van der Waals surface area (Å²) >= 11 is 0. The van der Waals surface area contributed by atoms with Crippen LogP contribution < -0.4 is 4.84 Å². The average molecular weight is 398 g/mol. The van der Waals surface area contributed by atoms with Crippen LogP contribution >= 0.6 is 0 Å². The van der Waals surface area contributed by atoms with Crippen LogP contribution in [0.25, 0.3) is 0 Å². The van der Waals surface area contributed by atoms with Gasteiger partial charge >= 0.3 is 6.09 Å². The summed E-state index contributed by atoms with van der Waals surface area (Å²) in [6.07, 6.45) is 0.00826. The summed E-state index contributed by atoms with van der Waals surface area (Å²) in [6, 6.07) is 2.59. The van der Waals surface area contributed by atoms with Gasteiger partial charge in [0.1, 0.15) is 0 Å². The molecule has 14 heteroatoms. The lowest BCUT2D eigenvalue weighted by atomic mass is 10.2. The Morgan fingerprint density at radius 3 is 2.29 bits per heavy atom. The standard InChI is InChI=1S/C14H18N6O8/c1-2-27-14(21)16-4-3-5-17(7-6-16)20(26)15-28-13-9-11(18(22)23)8-12(10-13)19(24)25/h8-10H,2-7H2,1H3/b20-15-. The third-order valence-electron chi connectivity index (χ3n) is 3.75. The van der Waals surface area contributed by atoms with Crippen molar-refractivity contribution < 1.29 is 29.2 Å². The molecule has 0 atom stereocenters. The van der Waals surface area contributed by atoms with Gasteiger partial charge in [-0.1, -0.05) is 0 Å². The number of nitrogens with zero attached hydrogens (tertiary/aromatic N) is 6. The van der Waals surface area contributed by atoms with Crippen LogP contribution in [0.1, 0.15) is 13.3 Å². The molecule has 1 heterocycles. The van der Waals surface area contributed by atoms with Crippen LogP contribution in [0.3, 0.4) is 0 Å². The monoisotopic (exact) mass is 398 g/mol. The largest absolute Gasteiger partial charge is 0.569 e. The second-order valence-corrected chi connectivity index (χ2v) is 5.62. The van der Waals surface area contributed by atoms with Crippen molar-refractivity contribution in [1.82, 2.24) is 9.91 Å². The van der Waals surface area contributed by atoms with E-state index >= 15 is 0 Å². The molecular formula is C14H18N6O8. The molecule has 2 rings (SSSR count). The molecule has 1 aromatic rings. The summed E-state index contributed by atoms with van der Waals surface area (Å²) in [5.74, 6) is -0.329. The normalized spacial score (nSPS) is 15.0. The first-order valence-electron chi connectivity index (χ1n) is 8.27. The van der Waals surface area contributed by atoms with Crippen molar-refractivity contribution in [1.29, 1.82) is 0 Å². The lowest BCUT2D eigenvalue weighted by Gasteiger charge is -2.19. The van der Waals surface area contributed by atoms with Gasteiger partial charge in [-0.15, -0.1) is 5.01 Å². The molecule has 0 aromatic heterocycles. The lowest BCUT2D eigenvalue weighted by molar-refractivity contribution is -0.706. The highest BCUT2D eigenvalue weighted by Gasteiger charge is 2.24. The molecule has 152 valence electrons. The number of hydrogen-bond acceptors (Lipinski definition) is 9. The van der Waals surface area contributed by atoms with Gasteiger partial charge in [-0.3, -0.25) is 20.2 Å². The first-order valence-corrected chi connectivity index (χ1v) is 8.27. The summed E-state index contributed by atoms with van der Waals surface area (Å²) in [5.41, 5.74) is -1.15. The molecule has 0 spiro atoms. The minimum atomic E-state index is -0.826. The average Bonchev–Trinajstić information content (AvgIpc) is 2.92. The number of nitro groups is 2. The molecule has 28 heavy (non-hydrogen) atoms. The van der Waals surface area contributed by atoms with E-state index in [9.17, 15) is 30.2 Å². The quantitative estimate of drug-likeness (QED) is 0.300. The first-order chi connectivity index (χ1) is 13.3. The van der Waals surface area contributed by atoms with Crippen molar-refractivity contribution in [3.05, 3.63) is 43.6 Å². The summed E-state index contributed by atoms with van der Waals surface area (Å²) in [7, 11) is 0. The maximum Gasteiger partial charge on any atom is 0.409 e. The SMILES string of the molecule is CCOC(=O)N1CCCN(/[N+]([O-])=N/Oc2cc([N+](=O)[O-])cc([N+](=O)[O-])c2)CC1. The number of nitro benzene ring substituents is 2. The molecule has 1 aliphatic heterocycles. The minimum Gasteiger partial charge on any atom is -0.569 e. The maximum atomic E-state index is 12.1. The van der Waals surface area contributed by atoms with Gasteiger partial charge in [0.2, 0.25) is 5.28 Å². The van der Waals surface area contributed by atoms with E-state index in [-0.39, 0.29) is 37.0 Å². The molecule has 1 amide bonds. The molecular weight excluding hydrogens is 380 g/mol. The molecule has 0 radical (unpaired) electrons. The van der Waals surface area contributed by atoms with Crippen LogP contribution in [-0.2, 0) is 4.74 Å². The fourth-order valence-electron chi connectivity index (χ4n) is 2.44. The van der Waals surface area contributed by atoms with Crippen LogP contribution in [0.15, 0.2) is 23.5 Å². The third-order valence-corrected chi connectivity index (χ3v) is 3.75. The second-order valence-electron chi connectivity index (χ2n) is 5.62. The molecule has 0 N–H and O–H groups in total. The number of hydrazine groups is 1. The van der Waals surface area contributed by atoms with E-state index in [1.54, 1.807) is 6.92 Å². The van der Waals surface area contributed by atoms with E-state index in [4.69, 9.17) is 9.57 Å². The van der Waals surface area contributed by atoms with Crippen LogP contribution in [0.5, 0.6) is 5.75 Å². The first kappa shape index (κ1) is 20.6. The molecule has 0 bridgehead atoms. The van der Waals surface area contributed by atoms with Gasteiger partial charge in [0.15, 0.2) is 5.75 Å². The van der Waals surface area contributed by atoms with Gasteiger partial charge in [-0.2, -0.15) is 0 Å². The number of rotatable bonds is 6. The Morgan fingerprint density at radius 2 is 1.71 bits per heavy atom. The fourth-order valence-corrected chi connectivity index (χ4v) is 2.44. The summed E-state index contributed by atoms with van der Waals surface area (Å²) in [5, 5.41) is 38.4. The van der Waals surface area contributed by atoms with Gasteiger partial charge in [0.25, 0.3) is 11.4 Å². The number of hydrogen-bond donors (Lipinski definition) is 0. The van der Waals surface area contributed by atoms with Crippen LogP contribution in [-0.4, -0.2) is 63.6 Å². The van der Waals surface area contributed by atoms with Crippen LogP contribution in [0.4, 0.5) is 16.2 Å². The van der Waals surface area contributed by atoms with E-state index in [2.05, 4.69) is 5.28 Å². The summed E-state index contributed by atoms with van der Waals surface area (Å²) < 4.78 is 4.92. The topological polar surface area (TPSA) is 167 Å². The van der Waals surface area contributed by atoms with Gasteiger partial charge < -0.3 is 19.7 Å². The van der Waals surface area contributed by atoms with E-state index in [0.717, 1.165) is 18.2 Å². The minimum absolute atomic E-state index is 0.138. The van der Waals surface area contributed by atoms with Gasteiger partial charge in [-0.05, 0) is 13.3 Å². The lowest BCUT2D eigenvalue weighted by Crippen LogP contribution is -2.37. The number of amides is 1. The zero-order valence-electron chi connectivity index (χ0n) is 14.9. The highest BCUT2D eigenvalue weighted by molar-refractivity contribution is 5.67. The summed E-state index contributed by atoms with van der Waals surface area (Å²) in [4.78, 5) is 38.2. The second kappa shape index (κ2) is 9.29. The number of carbonyl (C=O) groups excluding carboxylic acids is 1. The van der Waals surface area contributed by atoms with Gasteiger partial charge in [-0.25, -0.2) is 4.79 Å². The van der Waals surface area contributed by atoms with Crippen molar-refractivity contribution in [3.8, 4) is 5.75 Å². The van der Waals surface area contributed by atoms with Crippen molar-refractivity contribution in [2.24, 2.45) is 5.28 Å². The highest BCUT2D eigenvalue weighted by Crippen LogP contribution is 2.27. The smallest absolute Gasteiger partial charge is 0.409 e. The Morgan fingerprint density at radius 1 is 1.07 bits per heavy atom.